The predicted molar refractivity (Wildman–Crippen MR) is 102 cm³/mol. The topological polar surface area (TPSA) is 38.1 Å². The van der Waals surface area contributed by atoms with E-state index >= 15 is 0 Å². The van der Waals surface area contributed by atoms with Crippen molar-refractivity contribution in [1.82, 2.24) is 14.5 Å². The van der Waals surface area contributed by atoms with Crippen LogP contribution >= 0.6 is 11.6 Å². The van der Waals surface area contributed by atoms with Crippen molar-refractivity contribution in [1.29, 1.82) is 0 Å². The van der Waals surface area contributed by atoms with Gasteiger partial charge in [-0.3, -0.25) is 4.79 Å². The van der Waals surface area contributed by atoms with E-state index in [1.165, 1.54) is 4.90 Å². The minimum Gasteiger partial charge on any atom is -0.331 e. The van der Waals surface area contributed by atoms with Gasteiger partial charge < -0.3 is 9.47 Å². The average molecular weight is 410 g/mol. The van der Waals surface area contributed by atoms with Crippen LogP contribution in [0.5, 0.6) is 0 Å². The van der Waals surface area contributed by atoms with Crippen LogP contribution in [0.1, 0.15) is 30.0 Å². The third kappa shape index (κ3) is 3.99. The van der Waals surface area contributed by atoms with Crippen LogP contribution in [0, 0.1) is 23.4 Å². The van der Waals surface area contributed by atoms with E-state index in [-0.39, 0.29) is 12.5 Å². The molecule has 8 heteroatoms. The Kier molecular flexibility index (Phi) is 5.65. The molecule has 0 radical (unpaired) electrons. The van der Waals surface area contributed by atoms with Crippen LogP contribution in [0.4, 0.5) is 13.2 Å². The van der Waals surface area contributed by atoms with Crippen molar-refractivity contribution in [2.75, 3.05) is 6.54 Å². The fraction of sp³-hybridized carbons (Fsp3) is 0.300. The number of carbonyl (C=O) groups excluding carboxylic acids is 1. The van der Waals surface area contributed by atoms with Gasteiger partial charge in [-0.05, 0) is 30.2 Å². The molecule has 0 spiro atoms. The van der Waals surface area contributed by atoms with Crippen molar-refractivity contribution in [3.05, 3.63) is 64.2 Å². The average Bonchev–Trinajstić information content (AvgIpc) is 2.92. The molecule has 148 valence electrons. The number of aromatic nitrogens is 2. The maximum Gasteiger partial charge on any atom is 0.257 e. The summed E-state index contributed by atoms with van der Waals surface area (Å²) >= 11 is 6.04. The molecule has 0 bridgehead atoms. The van der Waals surface area contributed by atoms with Crippen LogP contribution in [0.25, 0.3) is 11.0 Å². The lowest BCUT2D eigenvalue weighted by molar-refractivity contribution is 0.0711. The number of imidazole rings is 1. The number of aryl methyl sites for hydroxylation is 1. The maximum atomic E-state index is 14.1. The Hall–Kier alpha value is -2.54. The normalized spacial score (nSPS) is 11.4. The first-order valence-electron chi connectivity index (χ1n) is 8.72. The van der Waals surface area contributed by atoms with Gasteiger partial charge in [0.1, 0.15) is 11.6 Å². The maximum absolute atomic E-state index is 14.1. The predicted octanol–water partition coefficient (Wildman–Crippen LogP) is 4.94. The number of rotatable bonds is 5. The first kappa shape index (κ1) is 20.2. The molecule has 0 aliphatic heterocycles. The van der Waals surface area contributed by atoms with Gasteiger partial charge in [0, 0.05) is 24.7 Å². The summed E-state index contributed by atoms with van der Waals surface area (Å²) in [6.07, 6.45) is 0. The van der Waals surface area contributed by atoms with E-state index in [9.17, 15) is 18.0 Å². The largest absolute Gasteiger partial charge is 0.331 e. The van der Waals surface area contributed by atoms with E-state index in [0.717, 1.165) is 5.52 Å². The Bertz CT molecular complexity index is 1050. The molecule has 0 saturated heterocycles. The summed E-state index contributed by atoms with van der Waals surface area (Å²) in [6, 6.07) is 6.22. The van der Waals surface area contributed by atoms with Crippen LogP contribution in [-0.2, 0) is 13.6 Å². The lowest BCUT2D eigenvalue weighted by Crippen LogP contribution is -2.35. The molecule has 0 atom stereocenters. The molecule has 28 heavy (non-hydrogen) atoms. The van der Waals surface area contributed by atoms with E-state index in [4.69, 9.17) is 11.6 Å². The molecule has 3 rings (SSSR count). The number of hydrogen-bond acceptors (Lipinski definition) is 2. The molecule has 1 amide bonds. The standard InChI is InChI=1S/C20H19ClF3N3O/c1-11(2)9-27(20(28)13-7-15(23)16(24)8-14(13)22)10-19-25-17-5-4-12(21)6-18(17)26(19)3/h4-8,11H,9-10H2,1-3H3. The van der Waals surface area contributed by atoms with Crippen LogP contribution in [0.3, 0.4) is 0 Å². The number of fused-ring (bicyclic) bond motifs is 1. The lowest BCUT2D eigenvalue weighted by atomic mass is 10.1. The summed E-state index contributed by atoms with van der Waals surface area (Å²) in [5, 5.41) is 0.557. The van der Waals surface area contributed by atoms with Gasteiger partial charge >= 0.3 is 0 Å². The number of carbonyl (C=O) groups is 1. The highest BCUT2D eigenvalue weighted by atomic mass is 35.5. The third-order valence-electron chi connectivity index (χ3n) is 4.38. The summed E-state index contributed by atoms with van der Waals surface area (Å²) in [5.41, 5.74) is 0.984. The van der Waals surface area contributed by atoms with Crippen LogP contribution in [0.15, 0.2) is 30.3 Å². The molecule has 0 aliphatic rings. The Balaban J connectivity index is 1.98. The Morgan fingerprint density at radius 3 is 2.50 bits per heavy atom. The third-order valence-corrected chi connectivity index (χ3v) is 4.62. The summed E-state index contributed by atoms with van der Waals surface area (Å²) in [7, 11) is 1.79. The number of hydrogen-bond donors (Lipinski definition) is 0. The molecule has 0 aliphatic carbocycles. The zero-order valence-corrected chi connectivity index (χ0v) is 16.4. The number of halogens is 4. The zero-order chi connectivity index (χ0) is 20.6. The van der Waals surface area contributed by atoms with Gasteiger partial charge in [0.15, 0.2) is 11.6 Å². The smallest absolute Gasteiger partial charge is 0.257 e. The van der Waals surface area contributed by atoms with Crippen molar-refractivity contribution in [3.63, 3.8) is 0 Å². The number of benzene rings is 2. The van der Waals surface area contributed by atoms with Gasteiger partial charge in [-0.1, -0.05) is 25.4 Å². The Morgan fingerprint density at radius 2 is 1.82 bits per heavy atom. The monoisotopic (exact) mass is 409 g/mol. The first-order chi connectivity index (χ1) is 13.2. The molecular weight excluding hydrogens is 391 g/mol. The first-order valence-corrected chi connectivity index (χ1v) is 9.09. The van der Waals surface area contributed by atoms with Crippen molar-refractivity contribution < 1.29 is 18.0 Å². The fourth-order valence-electron chi connectivity index (χ4n) is 3.04. The SMILES string of the molecule is CC(C)CN(Cc1nc2ccc(Cl)cc2n1C)C(=O)c1cc(F)c(F)cc1F. The summed E-state index contributed by atoms with van der Waals surface area (Å²) < 4.78 is 42.7. The zero-order valence-electron chi connectivity index (χ0n) is 15.6. The van der Waals surface area contributed by atoms with Crippen molar-refractivity contribution >= 4 is 28.5 Å². The Labute approximate surface area is 165 Å². The van der Waals surface area contributed by atoms with Crippen LogP contribution in [0.2, 0.25) is 5.02 Å². The highest BCUT2D eigenvalue weighted by molar-refractivity contribution is 6.31. The molecular formula is C20H19ClF3N3O. The second-order valence-corrected chi connectivity index (χ2v) is 7.48. The second-order valence-electron chi connectivity index (χ2n) is 7.05. The Morgan fingerprint density at radius 1 is 1.14 bits per heavy atom. The van der Waals surface area contributed by atoms with Gasteiger partial charge in [-0.25, -0.2) is 18.2 Å². The van der Waals surface area contributed by atoms with Crippen molar-refractivity contribution in [2.45, 2.75) is 20.4 Å². The van der Waals surface area contributed by atoms with Gasteiger partial charge in [-0.2, -0.15) is 0 Å². The summed E-state index contributed by atoms with van der Waals surface area (Å²) in [4.78, 5) is 18.8. The molecule has 4 nitrogen and oxygen atoms in total. The minimum atomic E-state index is -1.34. The van der Waals surface area contributed by atoms with Gasteiger partial charge in [0.2, 0.25) is 0 Å². The van der Waals surface area contributed by atoms with Gasteiger partial charge in [0.25, 0.3) is 5.91 Å². The summed E-state index contributed by atoms with van der Waals surface area (Å²) in [5.74, 6) is -3.80. The van der Waals surface area contributed by atoms with Crippen molar-refractivity contribution in [2.24, 2.45) is 13.0 Å². The number of amides is 1. The number of nitrogens with zero attached hydrogens (tertiary/aromatic N) is 3. The lowest BCUT2D eigenvalue weighted by Gasteiger charge is -2.24. The molecule has 0 fully saturated rings. The summed E-state index contributed by atoms with van der Waals surface area (Å²) in [6.45, 7) is 4.17. The van der Waals surface area contributed by atoms with Gasteiger partial charge in [0.05, 0.1) is 23.1 Å². The minimum absolute atomic E-state index is 0.0708. The van der Waals surface area contributed by atoms with E-state index in [0.29, 0.717) is 35.0 Å². The van der Waals surface area contributed by atoms with Crippen LogP contribution < -0.4 is 0 Å². The second kappa shape index (κ2) is 7.83. The van der Waals surface area contributed by atoms with Crippen LogP contribution in [-0.4, -0.2) is 26.9 Å². The van der Waals surface area contributed by atoms with Gasteiger partial charge in [-0.15, -0.1) is 0 Å². The highest BCUT2D eigenvalue weighted by Crippen LogP contribution is 2.22. The molecule has 0 saturated carbocycles. The highest BCUT2D eigenvalue weighted by Gasteiger charge is 2.24. The molecule has 1 heterocycles. The molecule has 0 N–H and O–H groups in total. The fourth-order valence-corrected chi connectivity index (χ4v) is 3.21. The molecule has 3 aromatic rings. The van der Waals surface area contributed by atoms with E-state index in [1.807, 2.05) is 13.8 Å². The van der Waals surface area contributed by atoms with E-state index in [1.54, 1.807) is 29.8 Å². The molecule has 1 aromatic heterocycles. The molecule has 2 aromatic carbocycles. The van der Waals surface area contributed by atoms with E-state index < -0.39 is 28.9 Å². The van der Waals surface area contributed by atoms with E-state index in [2.05, 4.69) is 4.98 Å². The quantitative estimate of drug-likeness (QED) is 0.560. The molecule has 0 unspecified atom stereocenters. The van der Waals surface area contributed by atoms with Crippen molar-refractivity contribution in [3.8, 4) is 0 Å².